The second-order valence-corrected chi connectivity index (χ2v) is 3.76. The van der Waals surface area contributed by atoms with Crippen LogP contribution < -0.4 is 0 Å². The van der Waals surface area contributed by atoms with Crippen molar-refractivity contribution in [2.24, 2.45) is 0 Å². The molecular formula is C13H13FN2. The molecule has 3 heteroatoms. The molecular weight excluding hydrogens is 203 g/mol. The maximum atomic E-state index is 14.2. The highest BCUT2D eigenvalue weighted by Gasteiger charge is 2.17. The number of hydrogen-bond acceptors (Lipinski definition) is 2. The summed E-state index contributed by atoms with van der Waals surface area (Å²) in [5.41, 5.74) is 2.40. The third-order valence-corrected chi connectivity index (χ3v) is 2.44. The molecule has 82 valence electrons. The van der Waals surface area contributed by atoms with Gasteiger partial charge in [0.05, 0.1) is 11.4 Å². The number of halogens is 1. The predicted molar refractivity (Wildman–Crippen MR) is 60.9 cm³/mol. The first-order valence-corrected chi connectivity index (χ1v) is 5.17. The van der Waals surface area contributed by atoms with Crippen molar-refractivity contribution in [1.29, 1.82) is 0 Å². The van der Waals surface area contributed by atoms with Crippen molar-refractivity contribution in [3.8, 4) is 0 Å². The van der Waals surface area contributed by atoms with E-state index >= 15 is 0 Å². The minimum atomic E-state index is -1.20. The van der Waals surface area contributed by atoms with Crippen molar-refractivity contribution in [3.05, 3.63) is 59.2 Å². The van der Waals surface area contributed by atoms with Gasteiger partial charge in [0.15, 0.2) is 6.17 Å². The fraction of sp³-hybridized carbons (Fsp3) is 0.231. The molecule has 2 aromatic rings. The van der Waals surface area contributed by atoms with Gasteiger partial charge >= 0.3 is 0 Å². The van der Waals surface area contributed by atoms with Gasteiger partial charge in [-0.05, 0) is 19.4 Å². The summed E-state index contributed by atoms with van der Waals surface area (Å²) in [5, 5.41) is 0. The van der Waals surface area contributed by atoms with Gasteiger partial charge in [0.1, 0.15) is 5.69 Å². The van der Waals surface area contributed by atoms with Gasteiger partial charge in [-0.2, -0.15) is 0 Å². The molecule has 2 nitrogen and oxygen atoms in total. The van der Waals surface area contributed by atoms with Crippen LogP contribution in [0.5, 0.6) is 0 Å². The molecule has 0 saturated carbocycles. The molecule has 16 heavy (non-hydrogen) atoms. The summed E-state index contributed by atoms with van der Waals surface area (Å²) in [7, 11) is 0. The first-order valence-electron chi connectivity index (χ1n) is 5.17. The molecule has 1 heterocycles. The van der Waals surface area contributed by atoms with E-state index in [9.17, 15) is 4.39 Å². The average molecular weight is 216 g/mol. The van der Waals surface area contributed by atoms with Gasteiger partial charge in [0.25, 0.3) is 0 Å². The molecule has 0 aliphatic carbocycles. The Morgan fingerprint density at radius 2 is 1.81 bits per heavy atom. The highest BCUT2D eigenvalue weighted by atomic mass is 19.1. The minimum absolute atomic E-state index is 0.409. The van der Waals surface area contributed by atoms with E-state index in [2.05, 4.69) is 9.97 Å². The number of hydrogen-bond donors (Lipinski definition) is 0. The SMILES string of the molecule is Cc1cnc(C)c(C(F)c2ccccc2)n1. The second kappa shape index (κ2) is 4.39. The molecule has 0 saturated heterocycles. The van der Waals surface area contributed by atoms with E-state index in [1.54, 1.807) is 25.3 Å². The lowest BCUT2D eigenvalue weighted by molar-refractivity contribution is 0.389. The van der Waals surface area contributed by atoms with Crippen molar-refractivity contribution in [3.63, 3.8) is 0 Å². The van der Waals surface area contributed by atoms with Crippen molar-refractivity contribution in [1.82, 2.24) is 9.97 Å². The van der Waals surface area contributed by atoms with Crippen molar-refractivity contribution >= 4 is 0 Å². The van der Waals surface area contributed by atoms with E-state index in [0.717, 1.165) is 5.69 Å². The van der Waals surface area contributed by atoms with E-state index in [4.69, 9.17) is 0 Å². The predicted octanol–water partition coefficient (Wildman–Crippen LogP) is 3.15. The van der Waals surface area contributed by atoms with E-state index < -0.39 is 6.17 Å². The molecule has 1 atom stereocenters. The summed E-state index contributed by atoms with van der Waals surface area (Å²) in [6, 6.07) is 9.02. The van der Waals surface area contributed by atoms with Gasteiger partial charge in [-0.15, -0.1) is 0 Å². The van der Waals surface area contributed by atoms with Crippen molar-refractivity contribution in [2.45, 2.75) is 20.0 Å². The summed E-state index contributed by atoms with van der Waals surface area (Å²) in [6.45, 7) is 3.59. The zero-order valence-corrected chi connectivity index (χ0v) is 9.31. The molecule has 0 aliphatic rings. The summed E-state index contributed by atoms with van der Waals surface area (Å²) < 4.78 is 14.2. The van der Waals surface area contributed by atoms with Crippen LogP contribution in [0, 0.1) is 13.8 Å². The number of alkyl halides is 1. The van der Waals surface area contributed by atoms with Gasteiger partial charge in [-0.3, -0.25) is 9.97 Å². The minimum Gasteiger partial charge on any atom is -0.258 e. The van der Waals surface area contributed by atoms with E-state index in [-0.39, 0.29) is 0 Å². The first-order chi connectivity index (χ1) is 7.68. The standard InChI is InChI=1S/C13H13FN2/c1-9-8-15-10(2)13(16-9)12(14)11-6-4-3-5-7-11/h3-8,12H,1-2H3. The third kappa shape index (κ3) is 2.08. The molecule has 0 bridgehead atoms. The van der Waals surface area contributed by atoms with Crippen LogP contribution in [0.25, 0.3) is 0 Å². The Morgan fingerprint density at radius 3 is 2.50 bits per heavy atom. The van der Waals surface area contributed by atoms with E-state index in [1.807, 2.05) is 25.1 Å². The molecule has 2 rings (SSSR count). The zero-order valence-electron chi connectivity index (χ0n) is 9.31. The lowest BCUT2D eigenvalue weighted by atomic mass is 10.1. The van der Waals surface area contributed by atoms with Crippen LogP contribution in [0.3, 0.4) is 0 Å². The average Bonchev–Trinajstić information content (AvgIpc) is 2.32. The Bertz CT molecular complexity index is 483. The Labute approximate surface area is 94.2 Å². The maximum Gasteiger partial charge on any atom is 0.169 e. The fourth-order valence-corrected chi connectivity index (χ4v) is 1.58. The highest BCUT2D eigenvalue weighted by molar-refractivity contribution is 5.28. The van der Waals surface area contributed by atoms with Gasteiger partial charge in [0, 0.05) is 6.20 Å². The maximum absolute atomic E-state index is 14.2. The molecule has 0 radical (unpaired) electrons. The van der Waals surface area contributed by atoms with Crippen LogP contribution in [0.15, 0.2) is 36.5 Å². The largest absolute Gasteiger partial charge is 0.258 e. The van der Waals surface area contributed by atoms with Crippen LogP contribution in [0.4, 0.5) is 4.39 Å². The summed E-state index contributed by atoms with van der Waals surface area (Å²) in [5.74, 6) is 0. The molecule has 0 fully saturated rings. The van der Waals surface area contributed by atoms with Gasteiger partial charge in [0.2, 0.25) is 0 Å². The van der Waals surface area contributed by atoms with Gasteiger partial charge < -0.3 is 0 Å². The Balaban J connectivity index is 2.41. The monoisotopic (exact) mass is 216 g/mol. The van der Waals surface area contributed by atoms with Crippen molar-refractivity contribution in [2.75, 3.05) is 0 Å². The third-order valence-electron chi connectivity index (χ3n) is 2.44. The van der Waals surface area contributed by atoms with Gasteiger partial charge in [-0.1, -0.05) is 30.3 Å². The lowest BCUT2D eigenvalue weighted by Gasteiger charge is -2.10. The normalized spacial score (nSPS) is 12.4. The molecule has 0 spiro atoms. The van der Waals surface area contributed by atoms with E-state index in [1.165, 1.54) is 0 Å². The molecule has 1 aromatic carbocycles. The summed E-state index contributed by atoms with van der Waals surface area (Å²) in [6.07, 6.45) is 0.449. The smallest absolute Gasteiger partial charge is 0.169 e. The van der Waals surface area contributed by atoms with E-state index in [0.29, 0.717) is 17.0 Å². The molecule has 1 unspecified atom stereocenters. The number of rotatable bonds is 2. The van der Waals surface area contributed by atoms with Crippen LogP contribution >= 0.6 is 0 Å². The number of benzene rings is 1. The van der Waals surface area contributed by atoms with Crippen LogP contribution in [0.1, 0.15) is 28.8 Å². The van der Waals surface area contributed by atoms with Crippen molar-refractivity contribution < 1.29 is 4.39 Å². The highest BCUT2D eigenvalue weighted by Crippen LogP contribution is 2.25. The van der Waals surface area contributed by atoms with Gasteiger partial charge in [-0.25, -0.2) is 4.39 Å². The lowest BCUT2D eigenvalue weighted by Crippen LogP contribution is -2.03. The summed E-state index contributed by atoms with van der Waals surface area (Å²) in [4.78, 5) is 8.33. The number of nitrogens with zero attached hydrogens (tertiary/aromatic N) is 2. The van der Waals surface area contributed by atoms with Crippen LogP contribution in [-0.4, -0.2) is 9.97 Å². The molecule has 1 aromatic heterocycles. The first kappa shape index (κ1) is 10.7. The summed E-state index contributed by atoms with van der Waals surface area (Å²) >= 11 is 0. The second-order valence-electron chi connectivity index (χ2n) is 3.76. The molecule has 0 N–H and O–H groups in total. The Morgan fingerprint density at radius 1 is 1.12 bits per heavy atom. The molecule has 0 aliphatic heterocycles. The van der Waals surface area contributed by atoms with Crippen LogP contribution in [0.2, 0.25) is 0 Å². The molecule has 0 amide bonds. The van der Waals surface area contributed by atoms with Crippen LogP contribution in [-0.2, 0) is 0 Å². The topological polar surface area (TPSA) is 25.8 Å². The zero-order chi connectivity index (χ0) is 11.5. The number of aryl methyl sites for hydroxylation is 2. The quantitative estimate of drug-likeness (QED) is 0.770. The Kier molecular flexibility index (Phi) is 2.95. The Hall–Kier alpha value is -1.77. The fourth-order valence-electron chi connectivity index (χ4n) is 1.58. The number of aromatic nitrogens is 2.